The Hall–Kier alpha value is -3.91. The number of hydrogen-bond donors (Lipinski definition) is 3. The monoisotopic (exact) mass is 717 g/mol. The molecule has 0 spiro atoms. The molecule has 2 saturated carbocycles. The average Bonchev–Trinajstić information content (AvgIpc) is 3.91. The minimum atomic E-state index is -3.89. The van der Waals surface area contributed by atoms with Crippen molar-refractivity contribution in [3.8, 4) is 5.75 Å². The first-order valence-corrected chi connectivity index (χ1v) is 18.2. The minimum Gasteiger partial charge on any atom is -0.486 e. The zero-order chi connectivity index (χ0) is 36.1. The summed E-state index contributed by atoms with van der Waals surface area (Å²) in [6, 6.07) is 4.67. The highest BCUT2D eigenvalue weighted by molar-refractivity contribution is 7.91. The molecule has 1 aromatic heterocycles. The predicted octanol–water partition coefficient (Wildman–Crippen LogP) is 3.85. The van der Waals surface area contributed by atoms with Crippen molar-refractivity contribution >= 4 is 56.3 Å². The fourth-order valence-electron chi connectivity index (χ4n) is 6.02. The number of nitrogens with one attached hydrogen (secondary N) is 3. The SMILES string of the molecule is C=CC1C[C@]1(NC(=O)[C@@H]1C[C@@H](Oc2cccc3c(Cl)ccnc23)CN1C(=O)[C@@H](NC(=O)OC(C)(C)C)C(C)(C)C)C(=O)NS(=O)(=O)C1CC1. The van der Waals surface area contributed by atoms with Crippen LogP contribution >= 0.6 is 11.6 Å². The number of rotatable bonds is 10. The van der Waals surface area contributed by atoms with E-state index in [2.05, 4.69) is 26.9 Å². The number of sulfonamides is 1. The second kappa shape index (κ2) is 13.1. The lowest BCUT2D eigenvalue weighted by molar-refractivity contribution is -0.143. The number of fused-ring (bicyclic) bond motifs is 1. The van der Waals surface area contributed by atoms with Crippen LogP contribution < -0.4 is 20.1 Å². The number of ether oxygens (including phenoxy) is 2. The van der Waals surface area contributed by atoms with Crippen LogP contribution in [0.3, 0.4) is 0 Å². The number of benzene rings is 1. The van der Waals surface area contributed by atoms with Crippen molar-refractivity contribution in [3.05, 3.63) is 48.1 Å². The molecule has 266 valence electrons. The predicted molar refractivity (Wildman–Crippen MR) is 183 cm³/mol. The van der Waals surface area contributed by atoms with Gasteiger partial charge in [-0.25, -0.2) is 13.2 Å². The number of carbonyl (C=O) groups is 4. The van der Waals surface area contributed by atoms with E-state index < -0.39 is 79.7 Å². The van der Waals surface area contributed by atoms with E-state index in [4.69, 9.17) is 21.1 Å². The number of likely N-dealkylation sites (tertiary alicyclic amines) is 1. The second-order valence-corrected chi connectivity index (χ2v) is 17.4. The Labute approximate surface area is 291 Å². The maximum Gasteiger partial charge on any atom is 0.408 e. The zero-order valence-corrected chi connectivity index (χ0v) is 30.1. The van der Waals surface area contributed by atoms with Gasteiger partial charge in [-0.15, -0.1) is 6.58 Å². The van der Waals surface area contributed by atoms with E-state index in [1.165, 1.54) is 11.0 Å². The number of amides is 4. The van der Waals surface area contributed by atoms with Gasteiger partial charge in [-0.3, -0.25) is 24.1 Å². The Morgan fingerprint density at radius 3 is 2.41 bits per heavy atom. The summed E-state index contributed by atoms with van der Waals surface area (Å²) < 4.78 is 39.2. The lowest BCUT2D eigenvalue weighted by Crippen LogP contribution is -2.60. The Morgan fingerprint density at radius 2 is 1.82 bits per heavy atom. The van der Waals surface area contributed by atoms with Crippen LogP contribution in [0.2, 0.25) is 5.02 Å². The van der Waals surface area contributed by atoms with Gasteiger partial charge in [0.2, 0.25) is 21.8 Å². The van der Waals surface area contributed by atoms with Crippen molar-refractivity contribution < 1.29 is 37.1 Å². The summed E-state index contributed by atoms with van der Waals surface area (Å²) in [7, 11) is -3.89. The Balaban J connectivity index is 1.44. The van der Waals surface area contributed by atoms with E-state index in [0.29, 0.717) is 34.5 Å². The number of pyridine rings is 1. The largest absolute Gasteiger partial charge is 0.486 e. The van der Waals surface area contributed by atoms with E-state index in [9.17, 15) is 27.6 Å². The lowest BCUT2D eigenvalue weighted by Gasteiger charge is -2.36. The molecular formula is C34H44ClN5O8S. The molecule has 3 fully saturated rings. The van der Waals surface area contributed by atoms with Crippen LogP contribution in [0.1, 0.15) is 67.2 Å². The lowest BCUT2D eigenvalue weighted by atomic mass is 9.85. The summed E-state index contributed by atoms with van der Waals surface area (Å²) in [5.41, 5.74) is -2.69. The molecule has 5 rings (SSSR count). The number of alkyl carbamates (subject to hydrolysis) is 1. The first-order valence-electron chi connectivity index (χ1n) is 16.3. The van der Waals surface area contributed by atoms with Crippen molar-refractivity contribution in [3.63, 3.8) is 0 Å². The molecule has 1 aliphatic heterocycles. The third-order valence-corrected chi connectivity index (χ3v) is 11.0. The molecule has 2 heterocycles. The molecule has 0 bridgehead atoms. The van der Waals surface area contributed by atoms with Crippen LogP contribution in [-0.4, -0.2) is 83.2 Å². The van der Waals surface area contributed by atoms with E-state index in [-0.39, 0.29) is 19.4 Å². The standard InChI is InChI=1S/C34H44ClN5O8S/c1-8-19-17-34(19,30(43)39-49(45,46)21-12-13-21)38-28(41)24-16-20(47-25-11-9-10-22-23(35)14-15-36-26(22)25)18-40(24)29(42)27(32(2,3)4)37-31(44)48-33(5,6)7/h8-11,14-15,19-21,24,27H,1,12-13,16-18H2,2-7H3,(H,37,44)(H,38,41)(H,39,43)/t19?,20-,24+,27-,34-/m1/s1. The second-order valence-electron chi connectivity index (χ2n) is 15.1. The molecule has 1 saturated heterocycles. The Morgan fingerprint density at radius 1 is 1.12 bits per heavy atom. The molecule has 0 radical (unpaired) electrons. The summed E-state index contributed by atoms with van der Waals surface area (Å²) in [4.78, 5) is 60.6. The maximum atomic E-state index is 14.4. The quantitative estimate of drug-likeness (QED) is 0.309. The number of para-hydroxylation sites is 1. The fourth-order valence-corrected chi connectivity index (χ4v) is 7.60. The van der Waals surface area contributed by atoms with Crippen LogP contribution in [0.5, 0.6) is 5.75 Å². The molecule has 4 amide bonds. The normalized spacial score (nSPS) is 24.5. The molecule has 2 aliphatic carbocycles. The van der Waals surface area contributed by atoms with E-state index in [1.807, 2.05) is 0 Å². The van der Waals surface area contributed by atoms with Gasteiger partial charge >= 0.3 is 6.09 Å². The number of nitrogens with zero attached hydrogens (tertiary/aromatic N) is 2. The molecule has 5 atom stereocenters. The molecule has 13 nitrogen and oxygen atoms in total. The van der Waals surface area contributed by atoms with E-state index >= 15 is 0 Å². The molecule has 2 aromatic rings. The van der Waals surface area contributed by atoms with Gasteiger partial charge in [-0.2, -0.15) is 0 Å². The smallest absolute Gasteiger partial charge is 0.408 e. The van der Waals surface area contributed by atoms with E-state index in [1.54, 1.807) is 72.0 Å². The average molecular weight is 718 g/mol. The van der Waals surface area contributed by atoms with Crippen LogP contribution in [0.25, 0.3) is 10.9 Å². The molecule has 15 heteroatoms. The highest BCUT2D eigenvalue weighted by atomic mass is 35.5. The summed E-state index contributed by atoms with van der Waals surface area (Å²) >= 11 is 6.39. The first kappa shape index (κ1) is 36.4. The highest BCUT2D eigenvalue weighted by Gasteiger charge is 2.62. The topological polar surface area (TPSA) is 173 Å². The van der Waals surface area contributed by atoms with Gasteiger partial charge in [0.05, 0.1) is 16.8 Å². The molecule has 49 heavy (non-hydrogen) atoms. The molecule has 1 aromatic carbocycles. The van der Waals surface area contributed by atoms with Gasteiger partial charge in [-0.1, -0.05) is 50.6 Å². The summed E-state index contributed by atoms with van der Waals surface area (Å²) in [5, 5.41) is 5.95. The Kier molecular flexibility index (Phi) is 9.71. The summed E-state index contributed by atoms with van der Waals surface area (Å²) in [6.07, 6.45) is 2.61. The van der Waals surface area contributed by atoms with Crippen molar-refractivity contribution in [2.45, 2.75) is 102 Å². The van der Waals surface area contributed by atoms with Gasteiger partial charge in [0.25, 0.3) is 5.91 Å². The molecule has 3 N–H and O–H groups in total. The van der Waals surface area contributed by atoms with Gasteiger partial charge in [0.1, 0.15) is 40.6 Å². The third kappa shape index (κ3) is 7.95. The zero-order valence-electron chi connectivity index (χ0n) is 28.5. The summed E-state index contributed by atoms with van der Waals surface area (Å²) in [5.74, 6) is -2.21. The van der Waals surface area contributed by atoms with Crippen molar-refractivity contribution in [1.29, 1.82) is 0 Å². The molecular weight excluding hydrogens is 674 g/mol. The van der Waals surface area contributed by atoms with Crippen molar-refractivity contribution in [2.75, 3.05) is 6.54 Å². The van der Waals surface area contributed by atoms with Crippen LogP contribution in [-0.2, 0) is 29.1 Å². The van der Waals surface area contributed by atoms with Gasteiger partial charge < -0.3 is 25.0 Å². The number of aromatic nitrogens is 1. The van der Waals surface area contributed by atoms with Crippen LogP contribution in [0.4, 0.5) is 4.79 Å². The third-order valence-electron chi connectivity index (χ3n) is 8.85. The van der Waals surface area contributed by atoms with Gasteiger partial charge in [0, 0.05) is 23.9 Å². The first-order chi connectivity index (χ1) is 22.8. The summed E-state index contributed by atoms with van der Waals surface area (Å²) in [6.45, 7) is 14.1. The van der Waals surface area contributed by atoms with Gasteiger partial charge in [-0.05, 0) is 57.6 Å². The molecule has 3 aliphatic rings. The van der Waals surface area contributed by atoms with Gasteiger partial charge in [0.15, 0.2) is 0 Å². The van der Waals surface area contributed by atoms with Crippen molar-refractivity contribution in [1.82, 2.24) is 25.2 Å². The maximum absolute atomic E-state index is 14.4. The number of halogens is 1. The minimum absolute atomic E-state index is 0.0225. The van der Waals surface area contributed by atoms with Crippen LogP contribution in [0, 0.1) is 11.3 Å². The number of carbonyl (C=O) groups excluding carboxylic acids is 4. The highest BCUT2D eigenvalue weighted by Crippen LogP contribution is 2.45. The van der Waals surface area contributed by atoms with E-state index in [0.717, 1.165) is 0 Å². The van der Waals surface area contributed by atoms with Crippen LogP contribution in [0.15, 0.2) is 43.1 Å². The van der Waals surface area contributed by atoms with Crippen molar-refractivity contribution in [2.24, 2.45) is 11.3 Å². The molecule has 1 unspecified atom stereocenters. The number of hydrogen-bond acceptors (Lipinski definition) is 9. The fraction of sp³-hybridized carbons (Fsp3) is 0.559. The Bertz CT molecular complexity index is 1780.